The Kier molecular flexibility index (Phi) is 9.26. The van der Waals surface area contributed by atoms with Crippen molar-refractivity contribution in [3.8, 4) is 5.75 Å². The first kappa shape index (κ1) is 18.5. The van der Waals surface area contributed by atoms with Crippen LogP contribution in [0.1, 0.15) is 49.9 Å². The van der Waals surface area contributed by atoms with Gasteiger partial charge in [0.25, 0.3) is 0 Å². The molecule has 0 atom stereocenters. The summed E-state index contributed by atoms with van der Waals surface area (Å²) in [4.78, 5) is 21.3. The topological polar surface area (TPSA) is 54.0 Å². The Hall–Kier alpha value is -1.59. The third-order valence-corrected chi connectivity index (χ3v) is 2.96. The molecule has 0 aromatic heterocycles. The molecule has 123 valence electrons. The number of carbonyl (C=O) groups excluding carboxylic acids is 1. The first-order valence-electron chi connectivity index (χ1n) is 7.60. The van der Waals surface area contributed by atoms with Crippen molar-refractivity contribution in [1.29, 1.82) is 0 Å². The van der Waals surface area contributed by atoms with Gasteiger partial charge in [0.2, 0.25) is 0 Å². The molecule has 0 unspecified atom stereocenters. The van der Waals surface area contributed by atoms with E-state index in [0.717, 1.165) is 12.2 Å². The number of carbonyl (C=O) groups is 1. The van der Waals surface area contributed by atoms with E-state index in [0.29, 0.717) is 18.3 Å². The zero-order valence-corrected chi connectivity index (χ0v) is 13.6. The standard InChI is InChI=1S/C17H25O5/c1-4-5-6-7-12-20-16-10-8-15(9-11-16)17(18)22-21-14(2)13-19-3/h8-11H,4-7,12-13H2,1-3H3. The van der Waals surface area contributed by atoms with Crippen molar-refractivity contribution in [3.05, 3.63) is 35.9 Å². The molecule has 0 saturated carbocycles. The molecule has 1 rings (SSSR count). The van der Waals surface area contributed by atoms with Gasteiger partial charge in [0, 0.05) is 7.11 Å². The van der Waals surface area contributed by atoms with Gasteiger partial charge in [0.15, 0.2) is 6.10 Å². The number of ether oxygens (including phenoxy) is 2. The van der Waals surface area contributed by atoms with E-state index in [4.69, 9.17) is 19.2 Å². The SMILES string of the molecule is CCCCCCOc1ccc(C(=O)OO[C](C)COC)cc1. The summed E-state index contributed by atoms with van der Waals surface area (Å²) in [5.74, 6) is 0.195. The van der Waals surface area contributed by atoms with Crippen LogP contribution in [0.4, 0.5) is 0 Å². The van der Waals surface area contributed by atoms with Crippen LogP contribution in [0.25, 0.3) is 0 Å². The van der Waals surface area contributed by atoms with Crippen LogP contribution in [0.2, 0.25) is 0 Å². The van der Waals surface area contributed by atoms with Gasteiger partial charge in [-0.2, -0.15) is 4.89 Å². The normalized spacial score (nSPS) is 10.7. The van der Waals surface area contributed by atoms with E-state index in [1.165, 1.54) is 26.4 Å². The fraction of sp³-hybridized carbons (Fsp3) is 0.529. The van der Waals surface area contributed by atoms with E-state index in [1.54, 1.807) is 31.2 Å². The summed E-state index contributed by atoms with van der Waals surface area (Å²) < 4.78 is 10.5. The van der Waals surface area contributed by atoms with Crippen molar-refractivity contribution in [2.24, 2.45) is 0 Å². The maximum Gasteiger partial charge on any atom is 0.373 e. The van der Waals surface area contributed by atoms with Crippen LogP contribution >= 0.6 is 0 Å². The smallest absolute Gasteiger partial charge is 0.373 e. The van der Waals surface area contributed by atoms with Crippen molar-refractivity contribution in [3.63, 3.8) is 0 Å². The summed E-state index contributed by atoms with van der Waals surface area (Å²) in [6.45, 7) is 4.82. The minimum absolute atomic E-state index is 0.276. The van der Waals surface area contributed by atoms with Crippen molar-refractivity contribution in [1.82, 2.24) is 0 Å². The largest absolute Gasteiger partial charge is 0.494 e. The first-order valence-corrected chi connectivity index (χ1v) is 7.60. The van der Waals surface area contributed by atoms with Crippen LogP contribution in [0, 0.1) is 6.10 Å². The second-order valence-corrected chi connectivity index (χ2v) is 5.02. The van der Waals surface area contributed by atoms with Crippen LogP contribution < -0.4 is 4.74 Å². The zero-order chi connectivity index (χ0) is 16.2. The summed E-state index contributed by atoms with van der Waals surface area (Å²) in [6.07, 6.45) is 5.13. The molecule has 1 aromatic rings. The fourth-order valence-electron chi connectivity index (χ4n) is 1.79. The lowest BCUT2D eigenvalue weighted by Crippen LogP contribution is -2.11. The molecule has 0 fully saturated rings. The van der Waals surface area contributed by atoms with Gasteiger partial charge in [-0.25, -0.2) is 4.79 Å². The van der Waals surface area contributed by atoms with Gasteiger partial charge in [-0.1, -0.05) is 26.2 Å². The molecular formula is C17H25O5. The number of unbranched alkanes of at least 4 members (excludes halogenated alkanes) is 3. The monoisotopic (exact) mass is 309 g/mol. The van der Waals surface area contributed by atoms with Crippen molar-refractivity contribution >= 4 is 5.97 Å². The second-order valence-electron chi connectivity index (χ2n) is 5.02. The maximum absolute atomic E-state index is 11.8. The second kappa shape index (κ2) is 11.0. The number of rotatable bonds is 11. The van der Waals surface area contributed by atoms with Gasteiger partial charge >= 0.3 is 5.97 Å². The highest BCUT2D eigenvalue weighted by Crippen LogP contribution is 2.14. The van der Waals surface area contributed by atoms with Crippen LogP contribution in [0.15, 0.2) is 24.3 Å². The Morgan fingerprint density at radius 1 is 1.05 bits per heavy atom. The molecule has 22 heavy (non-hydrogen) atoms. The first-order chi connectivity index (χ1) is 10.7. The van der Waals surface area contributed by atoms with Gasteiger partial charge in [0.05, 0.1) is 18.8 Å². The molecule has 0 aliphatic heterocycles. The number of hydrogen-bond acceptors (Lipinski definition) is 5. The highest BCUT2D eigenvalue weighted by molar-refractivity contribution is 5.89. The summed E-state index contributed by atoms with van der Waals surface area (Å²) in [6, 6.07) is 6.81. The molecule has 0 heterocycles. The van der Waals surface area contributed by atoms with Crippen molar-refractivity contribution < 1.29 is 24.0 Å². The quantitative estimate of drug-likeness (QED) is 0.352. The zero-order valence-electron chi connectivity index (χ0n) is 13.6. The van der Waals surface area contributed by atoms with Gasteiger partial charge < -0.3 is 9.47 Å². The predicted molar refractivity (Wildman–Crippen MR) is 83.4 cm³/mol. The molecule has 0 bridgehead atoms. The van der Waals surface area contributed by atoms with Crippen LogP contribution in [-0.4, -0.2) is 26.3 Å². The number of methoxy groups -OCH3 is 1. The van der Waals surface area contributed by atoms with Gasteiger partial charge in [-0.15, -0.1) is 0 Å². The molecular weight excluding hydrogens is 284 g/mol. The van der Waals surface area contributed by atoms with Crippen molar-refractivity contribution in [2.45, 2.75) is 39.5 Å². The molecule has 0 amide bonds. The summed E-state index contributed by atoms with van der Waals surface area (Å²) in [7, 11) is 1.54. The molecule has 0 saturated heterocycles. The molecule has 0 aliphatic carbocycles. The summed E-state index contributed by atoms with van der Waals surface area (Å²) >= 11 is 0. The molecule has 5 heteroatoms. The van der Waals surface area contributed by atoms with Gasteiger partial charge in [-0.05, 0) is 37.6 Å². The average molecular weight is 309 g/mol. The van der Waals surface area contributed by atoms with E-state index in [-0.39, 0.29) is 6.61 Å². The van der Waals surface area contributed by atoms with Crippen molar-refractivity contribution in [2.75, 3.05) is 20.3 Å². The average Bonchev–Trinajstić information content (AvgIpc) is 2.53. The Balaban J connectivity index is 2.32. The molecule has 1 radical (unpaired) electrons. The lowest BCUT2D eigenvalue weighted by Gasteiger charge is -2.09. The third-order valence-electron chi connectivity index (χ3n) is 2.96. The Labute approximate surface area is 132 Å². The van der Waals surface area contributed by atoms with E-state index < -0.39 is 5.97 Å². The minimum Gasteiger partial charge on any atom is -0.494 e. The van der Waals surface area contributed by atoms with Crippen LogP contribution in [0.3, 0.4) is 0 Å². The van der Waals surface area contributed by atoms with Crippen LogP contribution in [0.5, 0.6) is 5.75 Å². The Morgan fingerprint density at radius 3 is 2.41 bits per heavy atom. The summed E-state index contributed by atoms with van der Waals surface area (Å²) in [5.41, 5.74) is 0.406. The number of benzene rings is 1. The lowest BCUT2D eigenvalue weighted by atomic mass is 10.2. The predicted octanol–water partition coefficient (Wildman–Crippen LogP) is 3.93. The van der Waals surface area contributed by atoms with E-state index in [2.05, 4.69) is 6.92 Å². The van der Waals surface area contributed by atoms with E-state index in [9.17, 15) is 4.79 Å². The molecule has 5 nitrogen and oxygen atoms in total. The van der Waals surface area contributed by atoms with Gasteiger partial charge in [-0.3, -0.25) is 4.89 Å². The van der Waals surface area contributed by atoms with E-state index in [1.807, 2.05) is 0 Å². The molecule has 0 N–H and O–H groups in total. The minimum atomic E-state index is -0.551. The van der Waals surface area contributed by atoms with Gasteiger partial charge in [0.1, 0.15) is 5.75 Å². The fourth-order valence-corrected chi connectivity index (χ4v) is 1.79. The highest BCUT2D eigenvalue weighted by Gasteiger charge is 2.12. The lowest BCUT2D eigenvalue weighted by molar-refractivity contribution is -0.237. The molecule has 1 aromatic carbocycles. The Morgan fingerprint density at radius 2 is 1.77 bits per heavy atom. The molecule has 0 aliphatic rings. The molecule has 0 spiro atoms. The summed E-state index contributed by atoms with van der Waals surface area (Å²) in [5, 5.41) is 0. The Bertz CT molecular complexity index is 416. The highest BCUT2D eigenvalue weighted by atomic mass is 17.2. The maximum atomic E-state index is 11.8. The third kappa shape index (κ3) is 7.43. The number of hydrogen-bond donors (Lipinski definition) is 0. The van der Waals surface area contributed by atoms with E-state index >= 15 is 0 Å². The van der Waals surface area contributed by atoms with Crippen LogP contribution in [-0.2, 0) is 14.5 Å².